The molecule has 0 aliphatic heterocycles. The fraction of sp³-hybridized carbons (Fsp3) is 1.00. The SMILES string of the molecule is CCO[Si](CCC1CCC(N)(O)CC1)(OCC)OCC. The van der Waals surface area contributed by atoms with Crippen LogP contribution in [0, 0.1) is 5.92 Å². The topological polar surface area (TPSA) is 73.9 Å². The molecule has 0 radical (unpaired) electrons. The largest absolute Gasteiger partial charge is 0.500 e. The smallest absolute Gasteiger partial charge is 0.376 e. The molecule has 20 heavy (non-hydrogen) atoms. The van der Waals surface area contributed by atoms with E-state index in [0.717, 1.165) is 25.3 Å². The molecular formula is C14H31NO4Si. The Morgan fingerprint density at radius 2 is 1.50 bits per heavy atom. The highest BCUT2D eigenvalue weighted by Gasteiger charge is 2.41. The van der Waals surface area contributed by atoms with Gasteiger partial charge in [-0.1, -0.05) is 0 Å². The van der Waals surface area contributed by atoms with Gasteiger partial charge in [0, 0.05) is 25.9 Å². The highest BCUT2D eigenvalue weighted by Crippen LogP contribution is 2.33. The van der Waals surface area contributed by atoms with E-state index < -0.39 is 14.5 Å². The summed E-state index contributed by atoms with van der Waals surface area (Å²) >= 11 is 0. The summed E-state index contributed by atoms with van der Waals surface area (Å²) in [6.45, 7) is 7.82. The van der Waals surface area contributed by atoms with Crippen molar-refractivity contribution in [2.45, 2.75) is 64.6 Å². The van der Waals surface area contributed by atoms with Crippen LogP contribution in [0.5, 0.6) is 0 Å². The molecule has 0 amide bonds. The highest BCUT2D eigenvalue weighted by molar-refractivity contribution is 6.60. The van der Waals surface area contributed by atoms with E-state index in [1.54, 1.807) is 0 Å². The van der Waals surface area contributed by atoms with Crippen LogP contribution in [0.1, 0.15) is 52.9 Å². The molecule has 0 spiro atoms. The Bertz CT molecular complexity index is 249. The number of hydrogen-bond acceptors (Lipinski definition) is 5. The lowest BCUT2D eigenvalue weighted by molar-refractivity contribution is -0.00484. The van der Waals surface area contributed by atoms with Gasteiger partial charge in [-0.05, 0) is 58.8 Å². The van der Waals surface area contributed by atoms with Crippen molar-refractivity contribution in [2.24, 2.45) is 11.7 Å². The minimum atomic E-state index is -2.51. The molecule has 5 nitrogen and oxygen atoms in total. The van der Waals surface area contributed by atoms with Crippen molar-refractivity contribution in [3.05, 3.63) is 0 Å². The summed E-state index contributed by atoms with van der Waals surface area (Å²) in [5.74, 6) is 0.590. The Labute approximate surface area is 124 Å². The summed E-state index contributed by atoms with van der Waals surface area (Å²) in [5, 5.41) is 9.79. The fourth-order valence-electron chi connectivity index (χ4n) is 2.85. The number of nitrogens with two attached hydrogens (primary N) is 1. The van der Waals surface area contributed by atoms with Crippen LogP contribution in [0.4, 0.5) is 0 Å². The summed E-state index contributed by atoms with van der Waals surface area (Å²) in [7, 11) is -2.51. The Morgan fingerprint density at radius 3 is 1.90 bits per heavy atom. The summed E-state index contributed by atoms with van der Waals surface area (Å²) in [6, 6.07) is 0.857. The second-order valence-corrected chi connectivity index (χ2v) is 8.30. The molecular weight excluding hydrogens is 274 g/mol. The third kappa shape index (κ3) is 5.79. The van der Waals surface area contributed by atoms with Gasteiger partial charge in [0.2, 0.25) is 0 Å². The van der Waals surface area contributed by atoms with E-state index in [1.807, 2.05) is 20.8 Å². The van der Waals surface area contributed by atoms with E-state index in [2.05, 4.69) is 0 Å². The lowest BCUT2D eigenvalue weighted by Gasteiger charge is -2.34. The van der Waals surface area contributed by atoms with Crippen molar-refractivity contribution in [1.29, 1.82) is 0 Å². The first kappa shape index (κ1) is 18.1. The molecule has 0 bridgehead atoms. The standard InChI is InChI=1S/C14H31NO4Si/c1-4-17-20(18-5-2,19-6-3)12-9-13-7-10-14(15,16)11-8-13/h13,16H,4-12,15H2,1-3H3. The third-order valence-corrected chi connectivity index (χ3v) is 7.01. The highest BCUT2D eigenvalue weighted by atomic mass is 28.4. The van der Waals surface area contributed by atoms with Gasteiger partial charge in [-0.15, -0.1) is 0 Å². The molecule has 1 rings (SSSR count). The molecule has 0 atom stereocenters. The molecule has 0 heterocycles. The summed E-state index contributed by atoms with van der Waals surface area (Å²) < 4.78 is 17.6. The normalized spacial score (nSPS) is 27.8. The molecule has 1 fully saturated rings. The van der Waals surface area contributed by atoms with Crippen molar-refractivity contribution < 1.29 is 18.4 Å². The van der Waals surface area contributed by atoms with Crippen LogP contribution in [0.15, 0.2) is 0 Å². The van der Waals surface area contributed by atoms with Gasteiger partial charge in [0.1, 0.15) is 5.72 Å². The maximum absolute atomic E-state index is 9.79. The molecule has 1 saturated carbocycles. The van der Waals surface area contributed by atoms with Gasteiger partial charge in [-0.25, -0.2) is 0 Å². The van der Waals surface area contributed by atoms with Crippen molar-refractivity contribution in [3.63, 3.8) is 0 Å². The third-order valence-electron chi connectivity index (χ3n) is 3.92. The number of rotatable bonds is 9. The Hall–Kier alpha value is 0.0169. The van der Waals surface area contributed by atoms with Crippen LogP contribution in [-0.2, 0) is 13.3 Å². The number of aliphatic hydroxyl groups is 1. The Balaban J connectivity index is 2.48. The fourth-order valence-corrected chi connectivity index (χ4v) is 5.61. The molecule has 0 aromatic heterocycles. The quantitative estimate of drug-likeness (QED) is 0.505. The van der Waals surface area contributed by atoms with Gasteiger partial charge in [0.05, 0.1) is 0 Å². The molecule has 1 aliphatic carbocycles. The van der Waals surface area contributed by atoms with Crippen molar-refractivity contribution in [1.82, 2.24) is 0 Å². The van der Waals surface area contributed by atoms with Crippen LogP contribution in [-0.4, -0.2) is 39.5 Å². The van der Waals surface area contributed by atoms with Crippen molar-refractivity contribution >= 4 is 8.80 Å². The van der Waals surface area contributed by atoms with Crippen molar-refractivity contribution in [2.75, 3.05) is 19.8 Å². The first-order valence-corrected chi connectivity index (χ1v) is 9.83. The maximum atomic E-state index is 9.79. The monoisotopic (exact) mass is 305 g/mol. The van der Waals surface area contributed by atoms with Gasteiger partial charge in [-0.3, -0.25) is 0 Å². The second kappa shape index (κ2) is 8.46. The summed E-state index contributed by atoms with van der Waals surface area (Å²) in [6.07, 6.45) is 4.35. The summed E-state index contributed by atoms with van der Waals surface area (Å²) in [5.41, 5.74) is 4.80. The first-order valence-electron chi connectivity index (χ1n) is 7.90. The van der Waals surface area contributed by atoms with E-state index >= 15 is 0 Å². The zero-order valence-electron chi connectivity index (χ0n) is 13.2. The first-order chi connectivity index (χ1) is 9.47. The van der Waals surface area contributed by atoms with Gasteiger partial charge in [-0.2, -0.15) is 0 Å². The molecule has 0 aromatic carbocycles. The van der Waals surface area contributed by atoms with Gasteiger partial charge in [0.25, 0.3) is 0 Å². The van der Waals surface area contributed by atoms with Gasteiger partial charge < -0.3 is 24.1 Å². The molecule has 0 saturated heterocycles. The predicted octanol–water partition coefficient (Wildman–Crippen LogP) is 2.26. The van der Waals surface area contributed by atoms with Crippen LogP contribution < -0.4 is 5.73 Å². The van der Waals surface area contributed by atoms with Crippen LogP contribution in [0.2, 0.25) is 6.04 Å². The van der Waals surface area contributed by atoms with Gasteiger partial charge >= 0.3 is 8.80 Å². The average Bonchev–Trinajstić information content (AvgIpc) is 2.38. The van der Waals surface area contributed by atoms with Crippen LogP contribution in [0.25, 0.3) is 0 Å². The van der Waals surface area contributed by atoms with Gasteiger partial charge in [0.15, 0.2) is 0 Å². The van der Waals surface area contributed by atoms with E-state index in [-0.39, 0.29) is 0 Å². The molecule has 1 aliphatic rings. The molecule has 120 valence electrons. The lowest BCUT2D eigenvalue weighted by atomic mass is 9.83. The number of hydrogen-bond donors (Lipinski definition) is 2. The lowest BCUT2D eigenvalue weighted by Crippen LogP contribution is -2.47. The molecule has 0 aromatic rings. The van der Waals surface area contributed by atoms with Crippen LogP contribution in [0.3, 0.4) is 0 Å². The van der Waals surface area contributed by atoms with E-state index in [1.165, 1.54) is 0 Å². The average molecular weight is 305 g/mol. The van der Waals surface area contributed by atoms with Crippen LogP contribution >= 0.6 is 0 Å². The zero-order valence-corrected chi connectivity index (χ0v) is 14.2. The Kier molecular flexibility index (Phi) is 7.64. The molecule has 6 heteroatoms. The predicted molar refractivity (Wildman–Crippen MR) is 81.2 cm³/mol. The summed E-state index contributed by atoms with van der Waals surface area (Å²) in [4.78, 5) is 0. The van der Waals surface area contributed by atoms with E-state index in [4.69, 9.17) is 19.0 Å². The van der Waals surface area contributed by atoms with Crippen molar-refractivity contribution in [3.8, 4) is 0 Å². The van der Waals surface area contributed by atoms with E-state index in [9.17, 15) is 5.11 Å². The molecule has 3 N–H and O–H groups in total. The Morgan fingerprint density at radius 1 is 1.05 bits per heavy atom. The molecule has 0 unspecified atom stereocenters. The minimum absolute atomic E-state index is 0.590. The second-order valence-electron chi connectivity index (χ2n) is 5.57. The maximum Gasteiger partial charge on any atom is 0.500 e. The van der Waals surface area contributed by atoms with E-state index in [0.29, 0.717) is 38.6 Å². The minimum Gasteiger partial charge on any atom is -0.376 e. The zero-order chi connectivity index (χ0) is 15.1.